The molecule has 1 aromatic heterocycles. The molecule has 2 heterocycles. The van der Waals surface area contributed by atoms with Crippen molar-refractivity contribution in [3.8, 4) is 0 Å². The lowest BCUT2D eigenvalue weighted by Crippen LogP contribution is -2.51. The molecule has 1 aromatic carbocycles. The topological polar surface area (TPSA) is 82.9 Å². The van der Waals surface area contributed by atoms with Gasteiger partial charge in [-0.25, -0.2) is 0 Å². The summed E-state index contributed by atoms with van der Waals surface area (Å²) in [5.41, 5.74) is 1.46. The molecule has 0 atom stereocenters. The second-order valence-corrected chi connectivity index (χ2v) is 6.75. The summed E-state index contributed by atoms with van der Waals surface area (Å²) in [6.07, 6.45) is 1.20. The highest BCUT2D eigenvalue weighted by atomic mass is 35.5. The Balaban J connectivity index is 1.48. The molecule has 1 saturated heterocycles. The SMILES string of the molecule is Cc1ccc(NC(=O)CC(=O)N2CCN(C(=O)c3ccco3)CC2)cc1Cl. The molecule has 3 rings (SSSR count). The van der Waals surface area contributed by atoms with E-state index in [9.17, 15) is 14.4 Å². The van der Waals surface area contributed by atoms with E-state index in [4.69, 9.17) is 16.0 Å². The van der Waals surface area contributed by atoms with E-state index < -0.39 is 5.91 Å². The number of aryl methyl sites for hydroxylation is 1. The summed E-state index contributed by atoms with van der Waals surface area (Å²) < 4.78 is 5.11. The third-order valence-electron chi connectivity index (χ3n) is 4.42. The molecular formula is C19H20ClN3O4. The van der Waals surface area contributed by atoms with Gasteiger partial charge in [0.15, 0.2) is 5.76 Å². The lowest BCUT2D eigenvalue weighted by molar-refractivity contribution is -0.135. The first-order valence-corrected chi connectivity index (χ1v) is 8.98. The summed E-state index contributed by atoms with van der Waals surface area (Å²) in [4.78, 5) is 39.9. The number of furan rings is 1. The second kappa shape index (κ2) is 8.26. The summed E-state index contributed by atoms with van der Waals surface area (Å²) in [6.45, 7) is 3.44. The minimum atomic E-state index is -0.394. The third kappa shape index (κ3) is 4.68. The first-order valence-electron chi connectivity index (χ1n) is 8.60. The Morgan fingerprint density at radius 2 is 1.81 bits per heavy atom. The van der Waals surface area contributed by atoms with Crippen LogP contribution >= 0.6 is 11.6 Å². The van der Waals surface area contributed by atoms with Crippen molar-refractivity contribution in [3.05, 3.63) is 52.9 Å². The third-order valence-corrected chi connectivity index (χ3v) is 4.83. The van der Waals surface area contributed by atoms with E-state index >= 15 is 0 Å². The average Bonchev–Trinajstić information content (AvgIpc) is 3.19. The molecule has 7 nitrogen and oxygen atoms in total. The fourth-order valence-corrected chi connectivity index (χ4v) is 3.02. The molecule has 1 fully saturated rings. The zero-order valence-corrected chi connectivity index (χ0v) is 15.7. The van der Waals surface area contributed by atoms with Crippen molar-refractivity contribution in [1.82, 2.24) is 9.80 Å². The van der Waals surface area contributed by atoms with Crippen LogP contribution in [-0.2, 0) is 9.59 Å². The molecule has 0 radical (unpaired) electrons. The molecule has 0 saturated carbocycles. The van der Waals surface area contributed by atoms with Crippen molar-refractivity contribution >= 4 is 35.0 Å². The Morgan fingerprint density at radius 3 is 2.44 bits per heavy atom. The van der Waals surface area contributed by atoms with Gasteiger partial charge < -0.3 is 19.5 Å². The first kappa shape index (κ1) is 19.0. The van der Waals surface area contributed by atoms with Crippen LogP contribution in [0.2, 0.25) is 5.02 Å². The zero-order chi connectivity index (χ0) is 19.4. The molecule has 8 heteroatoms. The molecular weight excluding hydrogens is 370 g/mol. The monoisotopic (exact) mass is 389 g/mol. The molecule has 0 spiro atoms. The highest BCUT2D eigenvalue weighted by Crippen LogP contribution is 2.20. The number of carbonyl (C=O) groups excluding carboxylic acids is 3. The highest BCUT2D eigenvalue weighted by Gasteiger charge is 2.26. The molecule has 142 valence electrons. The van der Waals surface area contributed by atoms with E-state index in [1.165, 1.54) is 6.26 Å². The fraction of sp³-hybridized carbons (Fsp3) is 0.316. The van der Waals surface area contributed by atoms with Crippen LogP contribution in [0.1, 0.15) is 22.5 Å². The number of carbonyl (C=O) groups is 3. The van der Waals surface area contributed by atoms with E-state index in [1.54, 1.807) is 40.1 Å². The van der Waals surface area contributed by atoms with Gasteiger partial charge in [0.25, 0.3) is 5.91 Å². The smallest absolute Gasteiger partial charge is 0.289 e. The molecule has 1 N–H and O–H groups in total. The van der Waals surface area contributed by atoms with Gasteiger partial charge in [-0.15, -0.1) is 0 Å². The van der Waals surface area contributed by atoms with Crippen LogP contribution in [0.5, 0.6) is 0 Å². The van der Waals surface area contributed by atoms with Gasteiger partial charge >= 0.3 is 0 Å². The second-order valence-electron chi connectivity index (χ2n) is 6.34. The molecule has 3 amide bonds. The van der Waals surface area contributed by atoms with Gasteiger partial charge in [0.05, 0.1) is 6.26 Å². The number of hydrogen-bond acceptors (Lipinski definition) is 4. The van der Waals surface area contributed by atoms with E-state index in [-0.39, 0.29) is 24.0 Å². The van der Waals surface area contributed by atoms with E-state index in [0.717, 1.165) is 5.56 Å². The van der Waals surface area contributed by atoms with Gasteiger partial charge in [-0.2, -0.15) is 0 Å². The Morgan fingerprint density at radius 1 is 1.11 bits per heavy atom. The Bertz CT molecular complexity index is 843. The molecule has 1 aliphatic rings. The predicted octanol–water partition coefficient (Wildman–Crippen LogP) is 2.55. The number of anilines is 1. The normalized spacial score (nSPS) is 14.1. The minimum Gasteiger partial charge on any atom is -0.459 e. The van der Waals surface area contributed by atoms with Gasteiger partial charge in [0.1, 0.15) is 6.42 Å². The summed E-state index contributed by atoms with van der Waals surface area (Å²) in [5, 5.41) is 3.23. The summed E-state index contributed by atoms with van der Waals surface area (Å²) in [6, 6.07) is 8.46. The molecule has 27 heavy (non-hydrogen) atoms. The van der Waals surface area contributed by atoms with Crippen LogP contribution in [0.3, 0.4) is 0 Å². The number of rotatable bonds is 4. The predicted molar refractivity (Wildman–Crippen MR) is 101 cm³/mol. The van der Waals surface area contributed by atoms with Crippen LogP contribution < -0.4 is 5.32 Å². The lowest BCUT2D eigenvalue weighted by atomic mass is 10.2. The van der Waals surface area contributed by atoms with Crippen LogP contribution in [0.4, 0.5) is 5.69 Å². The van der Waals surface area contributed by atoms with Crippen molar-refractivity contribution < 1.29 is 18.8 Å². The van der Waals surface area contributed by atoms with E-state index in [0.29, 0.717) is 36.9 Å². The molecule has 0 bridgehead atoms. The maximum atomic E-state index is 12.3. The summed E-state index contributed by atoms with van der Waals surface area (Å²) >= 11 is 6.04. The minimum absolute atomic E-state index is 0.193. The van der Waals surface area contributed by atoms with Crippen LogP contribution in [-0.4, -0.2) is 53.7 Å². The van der Waals surface area contributed by atoms with Gasteiger partial charge in [-0.1, -0.05) is 17.7 Å². The number of nitrogens with zero attached hydrogens (tertiary/aromatic N) is 2. The van der Waals surface area contributed by atoms with E-state index in [2.05, 4.69) is 5.32 Å². The number of hydrogen-bond donors (Lipinski definition) is 1. The zero-order valence-electron chi connectivity index (χ0n) is 14.9. The number of benzene rings is 1. The lowest BCUT2D eigenvalue weighted by Gasteiger charge is -2.34. The van der Waals surface area contributed by atoms with Crippen LogP contribution in [0.25, 0.3) is 0 Å². The molecule has 0 aliphatic carbocycles. The quantitative estimate of drug-likeness (QED) is 0.814. The van der Waals surface area contributed by atoms with Crippen LogP contribution in [0, 0.1) is 6.92 Å². The van der Waals surface area contributed by atoms with Gasteiger partial charge in [-0.05, 0) is 36.8 Å². The fourth-order valence-electron chi connectivity index (χ4n) is 2.84. The van der Waals surface area contributed by atoms with Crippen molar-refractivity contribution in [2.45, 2.75) is 13.3 Å². The standard InChI is InChI=1S/C19H20ClN3O4/c1-13-4-5-14(11-15(13)20)21-17(24)12-18(25)22-6-8-23(9-7-22)19(26)16-3-2-10-27-16/h2-5,10-11H,6-9,12H2,1H3,(H,21,24). The van der Waals surface area contributed by atoms with Gasteiger partial charge in [0, 0.05) is 36.9 Å². The summed E-state index contributed by atoms with van der Waals surface area (Å²) in [7, 11) is 0. The number of piperazine rings is 1. The first-order chi connectivity index (χ1) is 12.9. The Labute approximate surface area is 161 Å². The number of amides is 3. The maximum absolute atomic E-state index is 12.3. The highest BCUT2D eigenvalue weighted by molar-refractivity contribution is 6.31. The van der Waals surface area contributed by atoms with Crippen LogP contribution in [0.15, 0.2) is 41.0 Å². The number of nitrogens with one attached hydrogen (secondary N) is 1. The average molecular weight is 390 g/mol. The molecule has 2 aromatic rings. The summed E-state index contributed by atoms with van der Waals surface area (Å²) in [5.74, 6) is -0.572. The Hall–Kier alpha value is -2.80. The van der Waals surface area contributed by atoms with Crippen molar-refractivity contribution in [2.24, 2.45) is 0 Å². The van der Waals surface area contributed by atoms with E-state index in [1.807, 2.05) is 6.92 Å². The largest absolute Gasteiger partial charge is 0.459 e. The molecule has 0 unspecified atom stereocenters. The van der Waals surface area contributed by atoms with Crippen molar-refractivity contribution in [2.75, 3.05) is 31.5 Å². The number of halogens is 1. The van der Waals surface area contributed by atoms with Gasteiger partial charge in [0.2, 0.25) is 11.8 Å². The van der Waals surface area contributed by atoms with Crippen molar-refractivity contribution in [3.63, 3.8) is 0 Å². The maximum Gasteiger partial charge on any atom is 0.289 e. The van der Waals surface area contributed by atoms with Gasteiger partial charge in [-0.3, -0.25) is 14.4 Å². The van der Waals surface area contributed by atoms with Crippen molar-refractivity contribution in [1.29, 1.82) is 0 Å². The molecule has 1 aliphatic heterocycles. The Kier molecular flexibility index (Phi) is 5.81.